The number of hydrogen-bond acceptors (Lipinski definition) is 5. The number of benzene rings is 1. The van der Waals surface area contributed by atoms with E-state index in [-0.39, 0.29) is 5.15 Å². The van der Waals surface area contributed by atoms with Crippen molar-refractivity contribution in [3.05, 3.63) is 45.6 Å². The van der Waals surface area contributed by atoms with Crippen LogP contribution in [0.3, 0.4) is 0 Å². The fourth-order valence-electron chi connectivity index (χ4n) is 1.96. The van der Waals surface area contributed by atoms with Gasteiger partial charge < -0.3 is 9.80 Å². The number of rotatable bonds is 6. The van der Waals surface area contributed by atoms with Crippen LogP contribution in [-0.2, 0) is 6.54 Å². The Kier molecular flexibility index (Phi) is 6.04. The van der Waals surface area contributed by atoms with Gasteiger partial charge in [0.25, 0.3) is 0 Å². The van der Waals surface area contributed by atoms with Crippen LogP contribution in [0.25, 0.3) is 0 Å². The highest BCUT2D eigenvalue weighted by atomic mass is 35.5. The molecule has 1 aromatic heterocycles. The largest absolute Gasteiger partial charge is 0.355 e. The van der Waals surface area contributed by atoms with Gasteiger partial charge in [-0.15, -0.1) is 0 Å². The molecule has 0 atom stereocenters. The Morgan fingerprint density at radius 2 is 1.86 bits per heavy atom. The van der Waals surface area contributed by atoms with Gasteiger partial charge in [-0.1, -0.05) is 35.3 Å². The minimum atomic E-state index is 0.272. The fourth-order valence-corrected chi connectivity index (χ4v) is 3.14. The molecule has 0 saturated heterocycles. The molecule has 0 bridgehead atoms. The Labute approximate surface area is 144 Å². The van der Waals surface area contributed by atoms with Crippen LogP contribution < -0.4 is 4.90 Å². The lowest BCUT2D eigenvalue weighted by atomic mass is 10.2. The molecule has 0 amide bonds. The Balaban J connectivity index is 2.26. The van der Waals surface area contributed by atoms with Crippen molar-refractivity contribution in [2.24, 2.45) is 0 Å². The SMILES string of the molecule is CN(C)CCN(Cc1ccc(Cl)cc1)c1snc(Cl)c1C#N. The first-order valence-electron chi connectivity index (χ1n) is 6.70. The molecule has 0 spiro atoms. The molecule has 2 rings (SSSR count). The Morgan fingerprint density at radius 1 is 1.18 bits per heavy atom. The summed E-state index contributed by atoms with van der Waals surface area (Å²) in [6, 6.07) is 9.85. The maximum absolute atomic E-state index is 9.29. The van der Waals surface area contributed by atoms with Crippen LogP contribution in [0.5, 0.6) is 0 Å². The molecule has 0 N–H and O–H groups in total. The minimum Gasteiger partial charge on any atom is -0.355 e. The third-order valence-electron chi connectivity index (χ3n) is 3.14. The predicted molar refractivity (Wildman–Crippen MR) is 92.9 cm³/mol. The van der Waals surface area contributed by atoms with Gasteiger partial charge in [0.2, 0.25) is 0 Å². The minimum absolute atomic E-state index is 0.272. The maximum Gasteiger partial charge on any atom is 0.162 e. The van der Waals surface area contributed by atoms with Crippen LogP contribution in [0.4, 0.5) is 5.00 Å². The molecule has 0 fully saturated rings. The van der Waals surface area contributed by atoms with Gasteiger partial charge in [0.05, 0.1) is 0 Å². The van der Waals surface area contributed by atoms with Crippen molar-refractivity contribution in [3.8, 4) is 6.07 Å². The van der Waals surface area contributed by atoms with E-state index in [0.29, 0.717) is 17.1 Å². The van der Waals surface area contributed by atoms with Gasteiger partial charge in [0.15, 0.2) is 5.15 Å². The molecule has 1 aromatic carbocycles. The molecule has 0 aliphatic carbocycles. The fraction of sp³-hybridized carbons (Fsp3) is 0.333. The van der Waals surface area contributed by atoms with Gasteiger partial charge in [-0.25, -0.2) is 0 Å². The van der Waals surface area contributed by atoms with Crippen LogP contribution in [0, 0.1) is 11.3 Å². The zero-order chi connectivity index (χ0) is 16.1. The molecule has 2 aromatic rings. The first-order chi connectivity index (χ1) is 10.5. The lowest BCUT2D eigenvalue weighted by Crippen LogP contribution is -2.31. The Bertz CT molecular complexity index is 661. The summed E-state index contributed by atoms with van der Waals surface area (Å²) in [6.45, 7) is 2.33. The number of anilines is 1. The summed E-state index contributed by atoms with van der Waals surface area (Å²) < 4.78 is 4.10. The van der Waals surface area contributed by atoms with Gasteiger partial charge >= 0.3 is 0 Å². The van der Waals surface area contributed by atoms with Crippen molar-refractivity contribution in [1.29, 1.82) is 5.26 Å². The molecule has 116 valence electrons. The zero-order valence-corrected chi connectivity index (χ0v) is 14.7. The number of nitrogens with zero attached hydrogens (tertiary/aromatic N) is 4. The zero-order valence-electron chi connectivity index (χ0n) is 12.4. The molecule has 7 heteroatoms. The molecule has 4 nitrogen and oxygen atoms in total. The Morgan fingerprint density at radius 3 is 2.45 bits per heavy atom. The molecule has 1 heterocycles. The van der Waals surface area contributed by atoms with Crippen molar-refractivity contribution in [2.75, 3.05) is 32.1 Å². The van der Waals surface area contributed by atoms with E-state index >= 15 is 0 Å². The second-order valence-electron chi connectivity index (χ2n) is 5.12. The number of nitriles is 1. The van der Waals surface area contributed by atoms with Gasteiger partial charge in [-0.2, -0.15) is 9.64 Å². The smallest absolute Gasteiger partial charge is 0.162 e. The normalized spacial score (nSPS) is 10.7. The van der Waals surface area contributed by atoms with E-state index in [9.17, 15) is 5.26 Å². The Hall–Kier alpha value is -1.32. The van der Waals surface area contributed by atoms with Crippen LogP contribution in [0.2, 0.25) is 10.2 Å². The maximum atomic E-state index is 9.29. The van der Waals surface area contributed by atoms with E-state index in [2.05, 4.69) is 20.2 Å². The third kappa shape index (κ3) is 4.34. The topological polar surface area (TPSA) is 43.2 Å². The van der Waals surface area contributed by atoms with Crippen molar-refractivity contribution < 1.29 is 0 Å². The summed E-state index contributed by atoms with van der Waals surface area (Å²) in [5.74, 6) is 0. The van der Waals surface area contributed by atoms with E-state index in [1.165, 1.54) is 11.5 Å². The monoisotopic (exact) mass is 354 g/mol. The van der Waals surface area contributed by atoms with E-state index in [0.717, 1.165) is 23.7 Å². The van der Waals surface area contributed by atoms with Crippen LogP contribution in [0.1, 0.15) is 11.1 Å². The highest BCUT2D eigenvalue weighted by Crippen LogP contribution is 2.32. The number of likely N-dealkylation sites (N-methyl/N-ethyl adjacent to an activating group) is 1. The van der Waals surface area contributed by atoms with E-state index in [1.807, 2.05) is 38.4 Å². The number of hydrogen-bond donors (Lipinski definition) is 0. The molecule has 0 aliphatic heterocycles. The summed E-state index contributed by atoms with van der Waals surface area (Å²) in [6.07, 6.45) is 0. The quantitative estimate of drug-likeness (QED) is 0.789. The van der Waals surface area contributed by atoms with Gasteiger partial charge in [0, 0.05) is 24.7 Å². The first-order valence-corrected chi connectivity index (χ1v) is 8.23. The lowest BCUT2D eigenvalue weighted by molar-refractivity contribution is 0.413. The van der Waals surface area contributed by atoms with Crippen LogP contribution in [0.15, 0.2) is 24.3 Å². The standard InChI is InChI=1S/C15H16Cl2N4S/c1-20(2)7-8-21(10-11-3-5-12(16)6-4-11)15-13(9-18)14(17)19-22-15/h3-6H,7-8,10H2,1-2H3. The van der Waals surface area contributed by atoms with Crippen molar-refractivity contribution in [1.82, 2.24) is 9.27 Å². The second-order valence-corrected chi connectivity index (χ2v) is 6.66. The average Bonchev–Trinajstić information content (AvgIpc) is 2.86. The van der Waals surface area contributed by atoms with Gasteiger partial charge in [0.1, 0.15) is 16.6 Å². The average molecular weight is 355 g/mol. The van der Waals surface area contributed by atoms with E-state index < -0.39 is 0 Å². The first kappa shape index (κ1) is 17.0. The number of halogens is 2. The molecule has 0 saturated carbocycles. The van der Waals surface area contributed by atoms with E-state index in [4.69, 9.17) is 23.2 Å². The lowest BCUT2D eigenvalue weighted by Gasteiger charge is -2.25. The third-order valence-corrected chi connectivity index (χ3v) is 4.67. The van der Waals surface area contributed by atoms with Gasteiger partial charge in [-0.05, 0) is 43.3 Å². The summed E-state index contributed by atoms with van der Waals surface area (Å²) >= 11 is 13.2. The summed E-state index contributed by atoms with van der Waals surface area (Å²) in [5, 5.41) is 11.1. The van der Waals surface area contributed by atoms with Crippen LogP contribution >= 0.6 is 34.7 Å². The molecular formula is C15H16Cl2N4S. The number of aromatic nitrogens is 1. The highest BCUT2D eigenvalue weighted by Gasteiger charge is 2.18. The summed E-state index contributed by atoms with van der Waals surface area (Å²) in [7, 11) is 4.04. The van der Waals surface area contributed by atoms with Crippen LogP contribution in [-0.4, -0.2) is 36.5 Å². The highest BCUT2D eigenvalue weighted by molar-refractivity contribution is 7.10. The summed E-state index contributed by atoms with van der Waals surface area (Å²) in [4.78, 5) is 4.23. The van der Waals surface area contributed by atoms with Gasteiger partial charge in [-0.3, -0.25) is 0 Å². The van der Waals surface area contributed by atoms with Crippen molar-refractivity contribution >= 4 is 39.7 Å². The molecule has 22 heavy (non-hydrogen) atoms. The molecule has 0 aliphatic rings. The molecular weight excluding hydrogens is 339 g/mol. The van der Waals surface area contributed by atoms with E-state index in [1.54, 1.807) is 0 Å². The van der Waals surface area contributed by atoms with Crippen molar-refractivity contribution in [3.63, 3.8) is 0 Å². The molecule has 0 unspecified atom stereocenters. The van der Waals surface area contributed by atoms with Crippen molar-refractivity contribution in [2.45, 2.75) is 6.54 Å². The molecule has 0 radical (unpaired) electrons. The predicted octanol–water partition coefficient (Wildman–Crippen LogP) is 3.89. The summed E-state index contributed by atoms with van der Waals surface area (Å²) in [5.41, 5.74) is 1.57. The second kappa shape index (κ2) is 7.80.